The number of nitrogens with zero attached hydrogens (tertiary/aromatic N) is 1. The number of ether oxygens (including phenoxy) is 1. The quantitative estimate of drug-likeness (QED) is 0.623. The third kappa shape index (κ3) is 4.47. The molecule has 6 nitrogen and oxygen atoms in total. The molecule has 2 amide bonds. The molecule has 168 valence electrons. The van der Waals surface area contributed by atoms with Gasteiger partial charge in [0, 0.05) is 36.7 Å². The summed E-state index contributed by atoms with van der Waals surface area (Å²) in [5.74, 6) is -0.684. The van der Waals surface area contributed by atoms with Crippen LogP contribution in [0.5, 0.6) is 0 Å². The molecule has 0 saturated heterocycles. The monoisotopic (exact) mass is 437 g/mol. The second-order valence-corrected chi connectivity index (χ2v) is 9.21. The summed E-state index contributed by atoms with van der Waals surface area (Å²) in [6.45, 7) is 6.59. The van der Waals surface area contributed by atoms with Gasteiger partial charge >= 0.3 is 6.09 Å². The Kier molecular flexibility index (Phi) is 5.67. The molecule has 3 aromatic rings. The lowest BCUT2D eigenvalue weighted by molar-refractivity contribution is 0.0300. The van der Waals surface area contributed by atoms with Gasteiger partial charge < -0.3 is 19.9 Å². The second kappa shape index (κ2) is 8.30. The molecular formula is C25H28FN3O3. The number of hydrogen-bond acceptors (Lipinski definition) is 3. The molecule has 32 heavy (non-hydrogen) atoms. The largest absolute Gasteiger partial charge is 0.444 e. The van der Waals surface area contributed by atoms with E-state index < -0.39 is 11.4 Å². The third-order valence-electron chi connectivity index (χ3n) is 5.56. The highest BCUT2D eigenvalue weighted by Gasteiger charge is 2.23. The van der Waals surface area contributed by atoms with Crippen LogP contribution in [0.25, 0.3) is 22.2 Å². The number of amides is 2. The summed E-state index contributed by atoms with van der Waals surface area (Å²) in [5.41, 5.74) is 4.47. The number of halogens is 1. The molecule has 0 aliphatic carbocycles. The van der Waals surface area contributed by atoms with E-state index in [1.165, 1.54) is 12.1 Å². The van der Waals surface area contributed by atoms with Crippen LogP contribution in [0.1, 0.15) is 42.3 Å². The van der Waals surface area contributed by atoms with Gasteiger partial charge in [0.2, 0.25) is 0 Å². The molecule has 1 aliphatic rings. The van der Waals surface area contributed by atoms with Crippen LogP contribution in [0, 0.1) is 5.82 Å². The number of H-pyrrole nitrogens is 1. The van der Waals surface area contributed by atoms with Crippen LogP contribution in [-0.4, -0.2) is 47.6 Å². The van der Waals surface area contributed by atoms with Gasteiger partial charge in [-0.25, -0.2) is 9.18 Å². The van der Waals surface area contributed by atoms with E-state index in [0.717, 1.165) is 27.8 Å². The molecule has 0 fully saturated rings. The van der Waals surface area contributed by atoms with Crippen molar-refractivity contribution in [3.8, 4) is 11.3 Å². The summed E-state index contributed by atoms with van der Waals surface area (Å²) >= 11 is 0. The summed E-state index contributed by atoms with van der Waals surface area (Å²) in [5, 5.41) is 3.63. The van der Waals surface area contributed by atoms with Gasteiger partial charge in [0.1, 0.15) is 11.4 Å². The molecular weight excluding hydrogens is 409 g/mol. The maximum Gasteiger partial charge on any atom is 0.410 e. The van der Waals surface area contributed by atoms with Crippen LogP contribution in [0.15, 0.2) is 36.4 Å². The van der Waals surface area contributed by atoms with Crippen molar-refractivity contribution in [1.29, 1.82) is 0 Å². The van der Waals surface area contributed by atoms with Crippen LogP contribution < -0.4 is 5.32 Å². The van der Waals surface area contributed by atoms with Gasteiger partial charge in [-0.1, -0.05) is 24.3 Å². The highest BCUT2D eigenvalue weighted by atomic mass is 19.1. The van der Waals surface area contributed by atoms with Crippen molar-refractivity contribution in [2.45, 2.75) is 39.2 Å². The lowest BCUT2D eigenvalue weighted by Crippen LogP contribution is -2.35. The van der Waals surface area contributed by atoms with E-state index in [0.29, 0.717) is 37.0 Å². The molecule has 7 heteroatoms. The first kappa shape index (κ1) is 21.9. The summed E-state index contributed by atoms with van der Waals surface area (Å²) in [7, 11) is 1.73. The average Bonchev–Trinajstić information content (AvgIpc) is 2.99. The topological polar surface area (TPSA) is 74.4 Å². The van der Waals surface area contributed by atoms with Crippen LogP contribution in [0.4, 0.5) is 9.18 Å². The molecule has 4 rings (SSSR count). The number of carbonyl (C=O) groups is 2. The zero-order valence-electron chi connectivity index (χ0n) is 18.8. The predicted octanol–water partition coefficient (Wildman–Crippen LogP) is 4.67. The molecule has 0 saturated carbocycles. The first-order chi connectivity index (χ1) is 15.1. The maximum atomic E-state index is 14.1. The molecule has 0 spiro atoms. The minimum absolute atomic E-state index is 0.247. The normalized spacial score (nSPS) is 13.6. The van der Waals surface area contributed by atoms with Gasteiger partial charge in [-0.05, 0) is 62.4 Å². The smallest absolute Gasteiger partial charge is 0.410 e. The number of aromatic nitrogens is 1. The fourth-order valence-corrected chi connectivity index (χ4v) is 4.00. The van der Waals surface area contributed by atoms with E-state index in [9.17, 15) is 14.0 Å². The number of likely N-dealkylation sites (N-methyl/N-ethyl adjacent to an activating group) is 1. The number of nitrogens with one attached hydrogen (secondary N) is 2. The van der Waals surface area contributed by atoms with E-state index in [4.69, 9.17) is 4.74 Å². The van der Waals surface area contributed by atoms with Crippen molar-refractivity contribution >= 4 is 22.9 Å². The summed E-state index contributed by atoms with van der Waals surface area (Å²) < 4.78 is 19.5. The zero-order valence-corrected chi connectivity index (χ0v) is 18.8. The molecule has 0 radical (unpaired) electrons. The number of rotatable bonds is 4. The van der Waals surface area contributed by atoms with Gasteiger partial charge in [0.05, 0.1) is 5.56 Å². The fourth-order valence-electron chi connectivity index (χ4n) is 4.00. The Balaban J connectivity index is 1.55. The Labute approximate surface area is 186 Å². The van der Waals surface area contributed by atoms with Crippen molar-refractivity contribution in [3.05, 3.63) is 58.9 Å². The van der Waals surface area contributed by atoms with Crippen LogP contribution >= 0.6 is 0 Å². The van der Waals surface area contributed by atoms with Crippen LogP contribution in [0.2, 0.25) is 0 Å². The first-order valence-corrected chi connectivity index (χ1v) is 10.8. The number of carbonyl (C=O) groups excluding carboxylic acids is 2. The van der Waals surface area contributed by atoms with Crippen molar-refractivity contribution in [3.63, 3.8) is 0 Å². The molecule has 2 N–H and O–H groups in total. The molecule has 2 heterocycles. The van der Waals surface area contributed by atoms with Crippen LogP contribution in [-0.2, 0) is 17.6 Å². The third-order valence-corrected chi connectivity index (χ3v) is 5.56. The van der Waals surface area contributed by atoms with Gasteiger partial charge in [-0.15, -0.1) is 0 Å². The Morgan fingerprint density at radius 1 is 1.19 bits per heavy atom. The lowest BCUT2D eigenvalue weighted by Gasteiger charge is -2.24. The Morgan fingerprint density at radius 2 is 1.91 bits per heavy atom. The van der Waals surface area contributed by atoms with Crippen molar-refractivity contribution in [2.24, 2.45) is 0 Å². The highest BCUT2D eigenvalue weighted by molar-refractivity contribution is 6.10. The minimum Gasteiger partial charge on any atom is -0.444 e. The fraction of sp³-hybridized carbons (Fsp3) is 0.360. The molecule has 1 aliphatic heterocycles. The van der Waals surface area contributed by atoms with Crippen molar-refractivity contribution in [1.82, 2.24) is 15.2 Å². The predicted molar refractivity (Wildman–Crippen MR) is 122 cm³/mol. The van der Waals surface area contributed by atoms with Gasteiger partial charge in [0.25, 0.3) is 5.91 Å². The second-order valence-electron chi connectivity index (χ2n) is 9.21. The van der Waals surface area contributed by atoms with E-state index in [1.807, 2.05) is 45.0 Å². The van der Waals surface area contributed by atoms with Gasteiger partial charge in [-0.2, -0.15) is 0 Å². The molecule has 0 unspecified atom stereocenters. The van der Waals surface area contributed by atoms with Gasteiger partial charge in [-0.3, -0.25) is 4.79 Å². The van der Waals surface area contributed by atoms with Crippen LogP contribution in [0.3, 0.4) is 0 Å². The SMILES string of the molecule is CN(CCc1ccc(-c2[nH]c3cc(F)cc4c3c2CCNC4=O)cc1)C(=O)OC(C)(C)C. The Hall–Kier alpha value is -3.35. The zero-order chi connectivity index (χ0) is 23.0. The van der Waals surface area contributed by atoms with E-state index in [1.54, 1.807) is 11.9 Å². The molecule has 0 atom stereocenters. The van der Waals surface area contributed by atoms with Crippen molar-refractivity contribution < 1.29 is 18.7 Å². The Bertz CT molecular complexity index is 1180. The summed E-state index contributed by atoms with van der Waals surface area (Å²) in [4.78, 5) is 29.4. The summed E-state index contributed by atoms with van der Waals surface area (Å²) in [6, 6.07) is 10.8. The average molecular weight is 438 g/mol. The lowest BCUT2D eigenvalue weighted by atomic mass is 9.99. The first-order valence-electron chi connectivity index (χ1n) is 10.8. The van der Waals surface area contributed by atoms with Gasteiger partial charge in [0.15, 0.2) is 0 Å². The molecule has 1 aromatic heterocycles. The summed E-state index contributed by atoms with van der Waals surface area (Å²) in [6.07, 6.45) is 1.03. The van der Waals surface area contributed by atoms with E-state index in [-0.39, 0.29) is 12.0 Å². The number of benzene rings is 2. The standard InChI is InChI=1S/C25H28FN3O3/c1-25(2,3)32-24(31)29(4)12-10-15-5-7-16(8-6-15)22-18-9-11-27-23(30)19-13-17(26)14-20(28-22)21(18)19/h5-8,13-14,28H,9-12H2,1-4H3,(H,27,30). The highest BCUT2D eigenvalue weighted by Crippen LogP contribution is 2.34. The van der Waals surface area contributed by atoms with E-state index in [2.05, 4.69) is 10.3 Å². The number of aromatic amines is 1. The minimum atomic E-state index is -0.519. The molecule has 2 aromatic carbocycles. The van der Waals surface area contributed by atoms with Crippen molar-refractivity contribution in [2.75, 3.05) is 20.1 Å². The Morgan fingerprint density at radius 3 is 2.59 bits per heavy atom. The molecule has 0 bridgehead atoms. The number of hydrogen-bond donors (Lipinski definition) is 2. The van der Waals surface area contributed by atoms with E-state index >= 15 is 0 Å². The maximum absolute atomic E-state index is 14.1.